The van der Waals surface area contributed by atoms with Gasteiger partial charge in [-0.25, -0.2) is 4.79 Å². The molecule has 0 aliphatic carbocycles. The predicted octanol–water partition coefficient (Wildman–Crippen LogP) is 2.53. The second kappa shape index (κ2) is 5.63. The Morgan fingerprint density at radius 1 is 1.40 bits per heavy atom. The highest BCUT2D eigenvalue weighted by molar-refractivity contribution is 9.11. The van der Waals surface area contributed by atoms with Crippen molar-refractivity contribution in [3.63, 3.8) is 0 Å². The van der Waals surface area contributed by atoms with Crippen LogP contribution in [-0.2, 0) is 11.2 Å². The summed E-state index contributed by atoms with van der Waals surface area (Å²) in [6.07, 6.45) is 0.542. The molecule has 5 heteroatoms. The number of carbonyl (C=O) groups excluding carboxylic acids is 1. The van der Waals surface area contributed by atoms with Crippen LogP contribution in [0.3, 0.4) is 0 Å². The van der Waals surface area contributed by atoms with E-state index < -0.39 is 5.97 Å². The van der Waals surface area contributed by atoms with Crippen molar-refractivity contribution in [1.29, 1.82) is 0 Å². The first-order valence-electron chi connectivity index (χ1n) is 4.27. The number of halogens is 2. The van der Waals surface area contributed by atoms with E-state index in [1.54, 1.807) is 12.1 Å². The molecule has 1 N–H and O–H groups in total. The van der Waals surface area contributed by atoms with Gasteiger partial charge in [0.05, 0.1) is 12.7 Å². The van der Waals surface area contributed by atoms with Gasteiger partial charge in [0, 0.05) is 15.6 Å². The summed E-state index contributed by atoms with van der Waals surface area (Å²) in [5, 5.41) is 8.83. The molecule has 3 nitrogen and oxygen atoms in total. The van der Waals surface area contributed by atoms with Gasteiger partial charge in [-0.2, -0.15) is 0 Å². The number of hydrogen-bond acceptors (Lipinski definition) is 3. The Labute approximate surface area is 105 Å². The second-order valence-electron chi connectivity index (χ2n) is 2.89. The van der Waals surface area contributed by atoms with Gasteiger partial charge in [0.15, 0.2) is 0 Å². The number of aliphatic hydroxyl groups is 1. The maximum atomic E-state index is 11.3. The number of methoxy groups -OCH3 is 1. The summed E-state index contributed by atoms with van der Waals surface area (Å²) in [6, 6.07) is 3.48. The van der Waals surface area contributed by atoms with Crippen LogP contribution in [0.15, 0.2) is 21.1 Å². The first kappa shape index (κ1) is 12.7. The first-order chi connectivity index (χ1) is 7.10. The molecule has 0 heterocycles. The summed E-state index contributed by atoms with van der Waals surface area (Å²) in [5.41, 5.74) is 1.41. The van der Waals surface area contributed by atoms with Gasteiger partial charge in [-0.3, -0.25) is 0 Å². The van der Waals surface area contributed by atoms with E-state index in [1.807, 2.05) is 0 Å². The van der Waals surface area contributed by atoms with Gasteiger partial charge in [-0.15, -0.1) is 0 Å². The molecule has 0 radical (unpaired) electrons. The highest BCUT2D eigenvalue weighted by atomic mass is 79.9. The lowest BCUT2D eigenvalue weighted by atomic mass is 10.1. The number of rotatable bonds is 3. The van der Waals surface area contributed by atoms with Crippen LogP contribution in [0.25, 0.3) is 0 Å². The fraction of sp³-hybridized carbons (Fsp3) is 0.300. The molecule has 0 amide bonds. The standard InChI is InChI=1S/C10H10Br2O3/c1-15-10(14)7-5-8(11)6(2-3-13)4-9(7)12/h4-5,13H,2-3H2,1H3. The Morgan fingerprint density at radius 3 is 2.60 bits per heavy atom. The molecular formula is C10H10Br2O3. The number of carbonyl (C=O) groups is 1. The average molecular weight is 338 g/mol. The molecular weight excluding hydrogens is 328 g/mol. The van der Waals surface area contributed by atoms with Crippen LogP contribution in [0.4, 0.5) is 0 Å². The molecule has 0 bridgehead atoms. The average Bonchev–Trinajstić information content (AvgIpc) is 2.22. The van der Waals surface area contributed by atoms with Crippen molar-refractivity contribution in [2.24, 2.45) is 0 Å². The van der Waals surface area contributed by atoms with Crippen LogP contribution in [-0.4, -0.2) is 24.8 Å². The van der Waals surface area contributed by atoms with Crippen LogP contribution in [0.1, 0.15) is 15.9 Å². The van der Waals surface area contributed by atoms with Crippen molar-refractivity contribution in [3.05, 3.63) is 32.2 Å². The lowest BCUT2D eigenvalue weighted by Gasteiger charge is -2.07. The first-order valence-corrected chi connectivity index (χ1v) is 5.85. The fourth-order valence-electron chi connectivity index (χ4n) is 1.17. The van der Waals surface area contributed by atoms with Gasteiger partial charge in [0.2, 0.25) is 0 Å². The third kappa shape index (κ3) is 3.03. The highest BCUT2D eigenvalue weighted by Crippen LogP contribution is 2.26. The lowest BCUT2D eigenvalue weighted by molar-refractivity contribution is 0.0599. The Kier molecular flexibility index (Phi) is 4.76. The van der Waals surface area contributed by atoms with Gasteiger partial charge in [0.25, 0.3) is 0 Å². The second-order valence-corrected chi connectivity index (χ2v) is 4.60. The summed E-state index contributed by atoms with van der Waals surface area (Å²) in [4.78, 5) is 11.3. The summed E-state index contributed by atoms with van der Waals surface area (Å²) in [5.74, 6) is -0.391. The SMILES string of the molecule is COC(=O)c1cc(Br)c(CCO)cc1Br. The Hall–Kier alpha value is -0.390. The van der Waals surface area contributed by atoms with Crippen molar-refractivity contribution >= 4 is 37.8 Å². The van der Waals surface area contributed by atoms with Crippen LogP contribution < -0.4 is 0 Å². The quantitative estimate of drug-likeness (QED) is 0.862. The van der Waals surface area contributed by atoms with Crippen molar-refractivity contribution in [2.75, 3.05) is 13.7 Å². The fourth-order valence-corrected chi connectivity index (χ4v) is 2.26. The van der Waals surface area contributed by atoms with E-state index in [1.165, 1.54) is 7.11 Å². The van der Waals surface area contributed by atoms with Gasteiger partial charge < -0.3 is 9.84 Å². The van der Waals surface area contributed by atoms with E-state index in [0.717, 1.165) is 10.0 Å². The minimum absolute atomic E-state index is 0.0720. The number of hydrogen-bond donors (Lipinski definition) is 1. The third-order valence-corrected chi connectivity index (χ3v) is 3.32. The van der Waals surface area contributed by atoms with Crippen LogP contribution in [0, 0.1) is 0 Å². The third-order valence-electron chi connectivity index (χ3n) is 1.92. The molecule has 0 atom stereocenters. The topological polar surface area (TPSA) is 46.5 Å². The molecule has 0 saturated carbocycles. The van der Waals surface area contributed by atoms with Crippen molar-refractivity contribution in [3.8, 4) is 0 Å². The Balaban J connectivity index is 3.13. The summed E-state index contributed by atoms with van der Waals surface area (Å²) in [7, 11) is 1.34. The lowest BCUT2D eigenvalue weighted by Crippen LogP contribution is -2.04. The molecule has 82 valence electrons. The Morgan fingerprint density at radius 2 is 2.07 bits per heavy atom. The normalized spacial score (nSPS) is 10.1. The zero-order chi connectivity index (χ0) is 11.4. The molecule has 1 aromatic carbocycles. The number of benzene rings is 1. The number of ether oxygens (including phenoxy) is 1. The molecule has 1 rings (SSSR count). The highest BCUT2D eigenvalue weighted by Gasteiger charge is 2.13. The molecule has 15 heavy (non-hydrogen) atoms. The smallest absolute Gasteiger partial charge is 0.339 e. The van der Waals surface area contributed by atoms with E-state index in [-0.39, 0.29) is 6.61 Å². The van der Waals surface area contributed by atoms with Crippen molar-refractivity contribution in [2.45, 2.75) is 6.42 Å². The summed E-state index contributed by atoms with van der Waals surface area (Å²) >= 11 is 6.63. The molecule has 0 aliphatic rings. The largest absolute Gasteiger partial charge is 0.465 e. The van der Waals surface area contributed by atoms with E-state index in [0.29, 0.717) is 16.5 Å². The molecule has 1 aromatic rings. The van der Waals surface area contributed by atoms with Gasteiger partial charge in [-0.1, -0.05) is 15.9 Å². The van der Waals surface area contributed by atoms with Crippen molar-refractivity contribution < 1.29 is 14.6 Å². The van der Waals surface area contributed by atoms with Crippen LogP contribution in [0.5, 0.6) is 0 Å². The molecule has 0 saturated heterocycles. The van der Waals surface area contributed by atoms with Crippen LogP contribution >= 0.6 is 31.9 Å². The van der Waals surface area contributed by atoms with E-state index >= 15 is 0 Å². The monoisotopic (exact) mass is 336 g/mol. The van der Waals surface area contributed by atoms with Crippen molar-refractivity contribution in [1.82, 2.24) is 0 Å². The number of aliphatic hydroxyl groups excluding tert-OH is 1. The molecule has 0 aromatic heterocycles. The van der Waals surface area contributed by atoms with Gasteiger partial charge >= 0.3 is 5.97 Å². The molecule has 0 unspecified atom stereocenters. The maximum absolute atomic E-state index is 11.3. The predicted molar refractivity (Wildman–Crippen MR) is 64.0 cm³/mol. The van der Waals surface area contributed by atoms with E-state index in [4.69, 9.17) is 5.11 Å². The van der Waals surface area contributed by atoms with Crippen LogP contribution in [0.2, 0.25) is 0 Å². The summed E-state index contributed by atoms with van der Waals surface area (Å²) < 4.78 is 6.09. The molecule has 0 fully saturated rings. The van der Waals surface area contributed by atoms with E-state index in [9.17, 15) is 4.79 Å². The summed E-state index contributed by atoms with van der Waals surface area (Å²) in [6.45, 7) is 0.0720. The zero-order valence-electron chi connectivity index (χ0n) is 8.09. The van der Waals surface area contributed by atoms with Gasteiger partial charge in [-0.05, 0) is 40.0 Å². The number of esters is 1. The maximum Gasteiger partial charge on any atom is 0.339 e. The van der Waals surface area contributed by atoms with E-state index in [2.05, 4.69) is 36.6 Å². The zero-order valence-corrected chi connectivity index (χ0v) is 11.3. The molecule has 0 aliphatic heterocycles. The van der Waals surface area contributed by atoms with Gasteiger partial charge in [0.1, 0.15) is 0 Å². The minimum atomic E-state index is -0.391. The molecule has 0 spiro atoms. The Bertz CT molecular complexity index is 377. The minimum Gasteiger partial charge on any atom is -0.465 e.